The molecule has 24 heteroatoms. The first-order valence-electron chi connectivity index (χ1n) is 32.1. The van der Waals surface area contributed by atoms with Crippen molar-refractivity contribution in [2.24, 2.45) is 27.1 Å². The highest BCUT2D eigenvalue weighted by molar-refractivity contribution is 5.85. The lowest BCUT2D eigenvalue weighted by molar-refractivity contribution is 0.0737. The van der Waals surface area contributed by atoms with Crippen molar-refractivity contribution in [1.29, 1.82) is 5.26 Å². The number of nitriles is 1. The van der Waals surface area contributed by atoms with E-state index >= 15 is 0 Å². The molecular weight excluding hydrogens is 1240 g/mol. The first-order valence-corrected chi connectivity index (χ1v) is 32.1. The number of nitrogens with one attached hydrogen (secondary N) is 1. The Morgan fingerprint density at radius 3 is 1.23 bits per heavy atom. The molecule has 0 atom stereocenters. The molecule has 0 bridgehead atoms. The van der Waals surface area contributed by atoms with Crippen LogP contribution in [-0.4, -0.2) is 143 Å². The molecule has 1 aliphatic carbocycles. The topological polar surface area (TPSA) is 263 Å². The molecule has 6 heterocycles. The van der Waals surface area contributed by atoms with Crippen molar-refractivity contribution < 1.29 is 33.9 Å². The van der Waals surface area contributed by atoms with Crippen LogP contribution in [-0.2, 0) is 27.7 Å². The summed E-state index contributed by atoms with van der Waals surface area (Å²) in [6.45, 7) is 7.10. The highest BCUT2D eigenvalue weighted by atomic mass is 16.5. The largest absolute Gasteiger partial charge is 0.497 e. The van der Waals surface area contributed by atoms with Gasteiger partial charge in [-0.1, -0.05) is 0 Å². The lowest BCUT2D eigenvalue weighted by Crippen LogP contribution is -2.29. The van der Waals surface area contributed by atoms with Crippen LogP contribution < -0.4 is 43.7 Å². The van der Waals surface area contributed by atoms with Gasteiger partial charge in [-0.05, 0) is 111 Å². The molecule has 0 radical (unpaired) electrons. The number of rotatable bonds is 25. The van der Waals surface area contributed by atoms with Crippen molar-refractivity contribution in [3.8, 4) is 68.6 Å². The summed E-state index contributed by atoms with van der Waals surface area (Å²) in [4.78, 5) is 34.9. The second-order valence-corrected chi connectivity index (χ2v) is 24.4. The minimum atomic E-state index is -0.814. The van der Waals surface area contributed by atoms with Crippen molar-refractivity contribution >= 4 is 67.2 Å². The maximum Gasteiger partial charge on any atom is 0.124 e. The third-order valence-corrected chi connectivity index (χ3v) is 16.5. The normalized spacial score (nSPS) is 11.9. The number of anilines is 6. The van der Waals surface area contributed by atoms with E-state index in [0.717, 1.165) is 119 Å². The highest BCUT2D eigenvalue weighted by Gasteiger charge is 2.27. The van der Waals surface area contributed by atoms with Crippen LogP contribution in [0.4, 0.5) is 34.1 Å². The first kappa shape index (κ1) is 68.1. The van der Waals surface area contributed by atoms with E-state index in [4.69, 9.17) is 43.9 Å². The zero-order valence-electron chi connectivity index (χ0n) is 56.8. The number of hydrogen-bond donors (Lipinski definition) is 3. The van der Waals surface area contributed by atoms with Gasteiger partial charge in [0.05, 0.1) is 141 Å². The van der Waals surface area contributed by atoms with E-state index in [0.29, 0.717) is 67.9 Å². The fourth-order valence-corrected chi connectivity index (χ4v) is 11.1. The van der Waals surface area contributed by atoms with Crippen molar-refractivity contribution in [1.82, 2.24) is 64.6 Å². The van der Waals surface area contributed by atoms with E-state index in [1.165, 1.54) is 12.8 Å². The molecule has 3 N–H and O–H groups in total. The maximum absolute atomic E-state index is 10.4. The van der Waals surface area contributed by atoms with Gasteiger partial charge in [0.2, 0.25) is 0 Å². The molecule has 1 saturated carbocycles. The number of ether oxygens (including phenoxy) is 5. The van der Waals surface area contributed by atoms with Gasteiger partial charge in [-0.3, -0.25) is 29.0 Å². The summed E-state index contributed by atoms with van der Waals surface area (Å²) in [6.07, 6.45) is 20.0. The lowest BCUT2D eigenvalue weighted by atomic mass is 10.0. The molecule has 24 nitrogen and oxygen atoms in total. The van der Waals surface area contributed by atoms with Gasteiger partial charge in [0.15, 0.2) is 0 Å². The Morgan fingerprint density at radius 2 is 0.878 bits per heavy atom. The van der Waals surface area contributed by atoms with Gasteiger partial charge in [-0.2, -0.15) is 20.6 Å². The smallest absolute Gasteiger partial charge is 0.124 e. The summed E-state index contributed by atoms with van der Waals surface area (Å²) in [5.74, 6) is 4.20. The number of aryl methyl sites for hydroxylation is 3. The van der Waals surface area contributed by atoms with Crippen LogP contribution >= 0.6 is 0 Å². The van der Waals surface area contributed by atoms with E-state index in [1.54, 1.807) is 86.8 Å². The van der Waals surface area contributed by atoms with Crippen molar-refractivity contribution in [3.63, 3.8) is 0 Å². The zero-order valence-corrected chi connectivity index (χ0v) is 56.8. The van der Waals surface area contributed by atoms with Gasteiger partial charge < -0.3 is 53.9 Å². The Labute approximate surface area is 569 Å². The molecule has 12 aromatic rings. The number of fused-ring (bicyclic) bond motifs is 3. The molecule has 98 heavy (non-hydrogen) atoms. The van der Waals surface area contributed by atoms with Gasteiger partial charge >= 0.3 is 0 Å². The van der Waals surface area contributed by atoms with Crippen LogP contribution in [0.15, 0.2) is 165 Å². The number of aliphatic hydroxyl groups is 2. The summed E-state index contributed by atoms with van der Waals surface area (Å²) >= 11 is 0. The summed E-state index contributed by atoms with van der Waals surface area (Å²) in [6, 6.07) is 37.8. The number of aromatic nitrogens is 12. The number of benzene rings is 6. The van der Waals surface area contributed by atoms with Crippen molar-refractivity contribution in [2.75, 3.05) is 83.0 Å². The molecule has 0 unspecified atom stereocenters. The van der Waals surface area contributed by atoms with E-state index in [-0.39, 0.29) is 6.61 Å². The van der Waals surface area contributed by atoms with E-state index in [2.05, 4.69) is 68.5 Å². The summed E-state index contributed by atoms with van der Waals surface area (Å²) in [5.41, 5.74) is 15.7. The predicted molar refractivity (Wildman–Crippen MR) is 381 cm³/mol. The monoisotopic (exact) mass is 1320 g/mol. The first-order chi connectivity index (χ1) is 47.5. The summed E-state index contributed by atoms with van der Waals surface area (Å²) < 4.78 is 32.7. The standard InChI is InChI=1S/C25H27N7O2.C25H29N5O3.C24H25N5O2/c1-31-17-18(15-29-31)25-16-28-23-6-5-19(13-24(23)30-25)32(10-9-27-8-4-7-26)20-11-21(33-2)14-22(12-20)34-3;1-25(2,31)8-9-30(19-10-20(32-4)13-21(11-19)33-5)18-6-7-22-23(12-18)28-24(15-26-22)17-14-27-29(3)16-17;1-28-14-18(11-26-28)24-12-25-22-6-5-19(10-23(22)27-24)29(13-16-3-4-16)20-7-17(15-30)8-21(9-20)31-2/h5-6,11-17,27H,4,8-10H2,1-3H3;6-7,10-16,31H,8-9H2,1-5H3;5-12,14,16,30H,3-4,13,15H2,1-2H3. The molecular formula is C74H81N17O7. The number of nitrogens with zero attached hydrogens (tertiary/aromatic N) is 16. The molecule has 1 aliphatic rings. The molecule has 6 aromatic carbocycles. The van der Waals surface area contributed by atoms with E-state index in [1.807, 2.05) is 151 Å². The number of aliphatic hydroxyl groups excluding tert-OH is 1. The predicted octanol–water partition coefficient (Wildman–Crippen LogP) is 12.1. The van der Waals surface area contributed by atoms with E-state index < -0.39 is 5.60 Å². The fraction of sp³-hybridized carbons (Fsp3) is 0.297. The van der Waals surface area contributed by atoms with Gasteiger partial charge in [-0.25, -0.2) is 15.0 Å². The molecule has 0 saturated heterocycles. The van der Waals surface area contributed by atoms with Gasteiger partial charge in [-0.15, -0.1) is 0 Å². The quantitative estimate of drug-likeness (QED) is 0.0449. The Bertz CT molecular complexity index is 4680. The third kappa shape index (κ3) is 17.2. The third-order valence-electron chi connectivity index (χ3n) is 16.5. The number of hydrogen-bond acceptors (Lipinski definition) is 21. The van der Waals surface area contributed by atoms with Crippen LogP contribution in [0.2, 0.25) is 0 Å². The molecule has 1 fully saturated rings. The fourth-order valence-electron chi connectivity index (χ4n) is 11.1. The minimum absolute atomic E-state index is 0.0286. The minimum Gasteiger partial charge on any atom is -0.497 e. The molecule has 504 valence electrons. The maximum atomic E-state index is 10.4. The average molecular weight is 1320 g/mol. The second kappa shape index (κ2) is 31.1. The molecule has 0 spiro atoms. The van der Waals surface area contributed by atoms with Gasteiger partial charge in [0.25, 0.3) is 0 Å². The SMILES string of the molecule is COc1cc(CO)cc(N(CC2CC2)c2ccc3ncc(-c4cnn(C)c4)nc3c2)c1.COc1cc(OC)cc(N(CCC(C)(C)O)c2ccc3ncc(-c4cnn(C)c4)nc3c2)c1.COc1cc(OC)cc(N(CCNCCC#N)c2ccc3ncc(-c4cnn(C)c4)nc3c2)c1. The van der Waals surface area contributed by atoms with Gasteiger partial charge in [0.1, 0.15) is 28.7 Å². The Balaban J connectivity index is 0.000000149. The highest BCUT2D eigenvalue weighted by Crippen LogP contribution is 2.40. The Morgan fingerprint density at radius 1 is 0.490 bits per heavy atom. The van der Waals surface area contributed by atoms with Crippen molar-refractivity contribution in [2.45, 2.75) is 51.7 Å². The molecule has 6 aromatic heterocycles. The molecule has 13 rings (SSSR count). The lowest BCUT2D eigenvalue weighted by Gasteiger charge is -2.29. The molecule has 0 aliphatic heterocycles. The van der Waals surface area contributed by atoms with E-state index in [9.17, 15) is 10.2 Å². The summed E-state index contributed by atoms with van der Waals surface area (Å²) in [7, 11) is 13.8. The van der Waals surface area contributed by atoms with Crippen LogP contribution in [0.3, 0.4) is 0 Å². The van der Waals surface area contributed by atoms with Gasteiger partial charge in [0, 0.05) is 172 Å². The Kier molecular flexibility index (Phi) is 21.6. The van der Waals surface area contributed by atoms with Crippen LogP contribution in [0.1, 0.15) is 45.1 Å². The molecule has 0 amide bonds. The van der Waals surface area contributed by atoms with Crippen LogP contribution in [0.5, 0.6) is 28.7 Å². The van der Waals surface area contributed by atoms with Crippen molar-refractivity contribution in [3.05, 3.63) is 171 Å². The number of methoxy groups -OCH3 is 5. The Hall–Kier alpha value is -11.3. The second-order valence-electron chi connectivity index (χ2n) is 24.4. The zero-order chi connectivity index (χ0) is 68.9. The van der Waals surface area contributed by atoms with Crippen LogP contribution in [0, 0.1) is 17.2 Å². The average Bonchev–Trinajstić information content (AvgIpc) is 1.31. The van der Waals surface area contributed by atoms with Crippen LogP contribution in [0.25, 0.3) is 66.9 Å². The summed E-state index contributed by atoms with van der Waals surface area (Å²) in [5, 5.41) is 44.9.